The highest BCUT2D eigenvalue weighted by Crippen LogP contribution is 2.30. The van der Waals surface area contributed by atoms with Crippen molar-refractivity contribution in [2.75, 3.05) is 5.73 Å². The summed E-state index contributed by atoms with van der Waals surface area (Å²) in [6, 6.07) is 6.74. The SMILES string of the molecule is Cc1cc(-c2nnc(N)nc2-c2ccc(F)c(F)c2)cc(Cl)n1. The van der Waals surface area contributed by atoms with Gasteiger partial charge in [0.2, 0.25) is 5.95 Å². The fourth-order valence-corrected chi connectivity index (χ4v) is 2.39. The minimum atomic E-state index is -0.991. The molecule has 0 amide bonds. The van der Waals surface area contributed by atoms with Crippen molar-refractivity contribution >= 4 is 17.5 Å². The van der Waals surface area contributed by atoms with Gasteiger partial charge in [0.05, 0.1) is 0 Å². The largest absolute Gasteiger partial charge is 0.366 e. The zero-order chi connectivity index (χ0) is 16.6. The number of anilines is 1. The van der Waals surface area contributed by atoms with E-state index in [1.54, 1.807) is 19.1 Å². The van der Waals surface area contributed by atoms with Crippen molar-refractivity contribution in [1.29, 1.82) is 0 Å². The van der Waals surface area contributed by atoms with Crippen LogP contribution in [0.5, 0.6) is 0 Å². The fourth-order valence-electron chi connectivity index (χ4n) is 2.14. The molecule has 0 bridgehead atoms. The predicted molar refractivity (Wildman–Crippen MR) is 82.6 cm³/mol. The number of hydrogen-bond acceptors (Lipinski definition) is 5. The van der Waals surface area contributed by atoms with Crippen LogP contribution in [0.15, 0.2) is 30.3 Å². The third-order valence-electron chi connectivity index (χ3n) is 3.09. The summed E-state index contributed by atoms with van der Waals surface area (Å²) in [7, 11) is 0. The normalized spacial score (nSPS) is 10.8. The zero-order valence-electron chi connectivity index (χ0n) is 11.9. The number of nitrogens with two attached hydrogens (primary N) is 1. The van der Waals surface area contributed by atoms with Crippen LogP contribution in [-0.2, 0) is 0 Å². The Kier molecular flexibility index (Phi) is 3.87. The molecule has 2 heterocycles. The minimum absolute atomic E-state index is 0.0784. The van der Waals surface area contributed by atoms with Crippen LogP contribution in [0.3, 0.4) is 0 Å². The second-order valence-electron chi connectivity index (χ2n) is 4.82. The first-order valence-electron chi connectivity index (χ1n) is 6.54. The van der Waals surface area contributed by atoms with Crippen molar-refractivity contribution in [2.24, 2.45) is 0 Å². The highest BCUT2D eigenvalue weighted by Gasteiger charge is 2.15. The highest BCUT2D eigenvalue weighted by atomic mass is 35.5. The lowest BCUT2D eigenvalue weighted by molar-refractivity contribution is 0.509. The van der Waals surface area contributed by atoms with Gasteiger partial charge in [-0.15, -0.1) is 10.2 Å². The first-order chi connectivity index (χ1) is 10.9. The Bertz CT molecular complexity index is 881. The summed E-state index contributed by atoms with van der Waals surface area (Å²) in [6.07, 6.45) is 0. The van der Waals surface area contributed by atoms with Gasteiger partial charge in [-0.25, -0.2) is 18.7 Å². The molecular formula is C15H10ClF2N5. The van der Waals surface area contributed by atoms with Crippen LogP contribution in [0.2, 0.25) is 5.15 Å². The molecule has 5 nitrogen and oxygen atoms in total. The number of nitrogen functional groups attached to an aromatic ring is 1. The number of aromatic nitrogens is 4. The molecule has 0 saturated heterocycles. The summed E-state index contributed by atoms with van der Waals surface area (Å²) < 4.78 is 26.7. The van der Waals surface area contributed by atoms with E-state index in [0.29, 0.717) is 22.5 Å². The molecule has 0 aliphatic carbocycles. The topological polar surface area (TPSA) is 77.6 Å². The van der Waals surface area contributed by atoms with Crippen molar-refractivity contribution in [3.05, 3.63) is 52.8 Å². The van der Waals surface area contributed by atoms with E-state index in [1.807, 2.05) is 0 Å². The summed E-state index contributed by atoms with van der Waals surface area (Å²) >= 11 is 5.96. The van der Waals surface area contributed by atoms with E-state index in [4.69, 9.17) is 17.3 Å². The maximum Gasteiger partial charge on any atom is 0.240 e. The van der Waals surface area contributed by atoms with Gasteiger partial charge in [-0.2, -0.15) is 0 Å². The van der Waals surface area contributed by atoms with Gasteiger partial charge in [0, 0.05) is 16.8 Å². The Labute approximate surface area is 135 Å². The average molecular weight is 334 g/mol. The van der Waals surface area contributed by atoms with Crippen LogP contribution >= 0.6 is 11.6 Å². The van der Waals surface area contributed by atoms with Crippen LogP contribution in [0.1, 0.15) is 5.69 Å². The quantitative estimate of drug-likeness (QED) is 0.727. The van der Waals surface area contributed by atoms with E-state index < -0.39 is 11.6 Å². The van der Waals surface area contributed by atoms with Gasteiger partial charge in [0.15, 0.2) is 11.6 Å². The van der Waals surface area contributed by atoms with Crippen molar-refractivity contribution in [1.82, 2.24) is 20.2 Å². The molecule has 0 spiro atoms. The third kappa shape index (κ3) is 3.09. The number of rotatable bonds is 2. The van der Waals surface area contributed by atoms with Crippen molar-refractivity contribution in [3.8, 4) is 22.5 Å². The van der Waals surface area contributed by atoms with Gasteiger partial charge in [-0.05, 0) is 37.3 Å². The molecule has 3 aromatic rings. The van der Waals surface area contributed by atoms with E-state index in [0.717, 1.165) is 12.1 Å². The van der Waals surface area contributed by atoms with Crippen molar-refractivity contribution in [3.63, 3.8) is 0 Å². The first-order valence-corrected chi connectivity index (χ1v) is 6.92. The highest BCUT2D eigenvalue weighted by molar-refractivity contribution is 6.29. The number of hydrogen-bond donors (Lipinski definition) is 1. The van der Waals surface area contributed by atoms with Gasteiger partial charge in [-0.3, -0.25) is 0 Å². The molecule has 116 valence electrons. The summed E-state index contributed by atoms with van der Waals surface area (Å²) in [4.78, 5) is 8.17. The van der Waals surface area contributed by atoms with Gasteiger partial charge in [-0.1, -0.05) is 11.6 Å². The molecule has 0 aliphatic heterocycles. The van der Waals surface area contributed by atoms with E-state index in [1.165, 1.54) is 6.07 Å². The zero-order valence-corrected chi connectivity index (χ0v) is 12.6. The molecule has 0 aliphatic rings. The minimum Gasteiger partial charge on any atom is -0.366 e. The molecule has 23 heavy (non-hydrogen) atoms. The Balaban J connectivity index is 2.24. The lowest BCUT2D eigenvalue weighted by Gasteiger charge is -2.09. The molecule has 0 radical (unpaired) electrons. The van der Waals surface area contributed by atoms with Crippen LogP contribution in [0.25, 0.3) is 22.5 Å². The second-order valence-corrected chi connectivity index (χ2v) is 5.20. The molecule has 8 heteroatoms. The predicted octanol–water partition coefficient (Wildman–Crippen LogP) is 3.42. The Hall–Kier alpha value is -2.67. The maximum atomic E-state index is 13.5. The van der Waals surface area contributed by atoms with Gasteiger partial charge in [0.25, 0.3) is 0 Å². The van der Waals surface area contributed by atoms with Crippen LogP contribution in [0, 0.1) is 18.6 Å². The van der Waals surface area contributed by atoms with E-state index in [-0.39, 0.29) is 16.8 Å². The van der Waals surface area contributed by atoms with Gasteiger partial charge >= 0.3 is 0 Å². The Morgan fingerprint density at radius 2 is 1.70 bits per heavy atom. The first kappa shape index (κ1) is 15.2. The molecule has 0 unspecified atom stereocenters. The molecule has 0 fully saturated rings. The third-order valence-corrected chi connectivity index (χ3v) is 3.29. The molecule has 0 atom stereocenters. The monoisotopic (exact) mass is 333 g/mol. The standard InChI is InChI=1S/C15H10ClF2N5/c1-7-4-9(6-12(16)20-7)14-13(21-15(19)23-22-14)8-2-3-10(17)11(18)5-8/h2-6H,1H3,(H2,19,21,23). The summed E-state index contributed by atoms with van der Waals surface area (Å²) in [6.45, 7) is 1.77. The van der Waals surface area contributed by atoms with Crippen LogP contribution in [0.4, 0.5) is 14.7 Å². The number of halogens is 3. The summed E-state index contributed by atoms with van der Waals surface area (Å²) in [5, 5.41) is 8.02. The molecule has 0 saturated carbocycles. The molecule has 1 aromatic carbocycles. The maximum absolute atomic E-state index is 13.5. The number of aryl methyl sites for hydroxylation is 1. The second kappa shape index (κ2) is 5.85. The Morgan fingerprint density at radius 3 is 2.39 bits per heavy atom. The molecule has 2 aromatic heterocycles. The average Bonchev–Trinajstić information content (AvgIpc) is 2.49. The Morgan fingerprint density at radius 1 is 0.913 bits per heavy atom. The number of pyridine rings is 1. The van der Waals surface area contributed by atoms with Gasteiger partial charge in [0.1, 0.15) is 16.5 Å². The van der Waals surface area contributed by atoms with Crippen LogP contribution < -0.4 is 5.73 Å². The van der Waals surface area contributed by atoms with Crippen molar-refractivity contribution in [2.45, 2.75) is 6.92 Å². The van der Waals surface area contributed by atoms with Gasteiger partial charge < -0.3 is 5.73 Å². The number of benzene rings is 1. The van der Waals surface area contributed by atoms with Crippen LogP contribution in [-0.4, -0.2) is 20.2 Å². The molecule has 2 N–H and O–H groups in total. The van der Waals surface area contributed by atoms with Crippen molar-refractivity contribution < 1.29 is 8.78 Å². The van der Waals surface area contributed by atoms with E-state index in [9.17, 15) is 8.78 Å². The summed E-state index contributed by atoms with van der Waals surface area (Å²) in [5.41, 5.74) is 7.79. The number of nitrogens with zero attached hydrogens (tertiary/aromatic N) is 4. The van der Waals surface area contributed by atoms with E-state index >= 15 is 0 Å². The smallest absolute Gasteiger partial charge is 0.240 e. The molecule has 3 rings (SSSR count). The fraction of sp³-hybridized carbons (Fsp3) is 0.0667. The molecular weight excluding hydrogens is 324 g/mol. The summed E-state index contributed by atoms with van der Waals surface area (Å²) in [5.74, 6) is -2.02. The van der Waals surface area contributed by atoms with E-state index in [2.05, 4.69) is 20.2 Å². The lowest BCUT2D eigenvalue weighted by Crippen LogP contribution is -2.03. The lowest BCUT2D eigenvalue weighted by atomic mass is 10.0.